The first kappa shape index (κ1) is 13.5. The van der Waals surface area contributed by atoms with Crippen molar-refractivity contribution in [2.24, 2.45) is 5.92 Å². The fourth-order valence-electron chi connectivity index (χ4n) is 2.99. The van der Waals surface area contributed by atoms with Crippen LogP contribution in [0.4, 0.5) is 0 Å². The zero-order valence-corrected chi connectivity index (χ0v) is 11.4. The predicted octanol–water partition coefficient (Wildman–Crippen LogP) is 1.30. The SMILES string of the molecule is CC(=O)N1CCN(CC(=O)C2CCCCC2)CC1. The molecule has 4 heteroatoms. The largest absolute Gasteiger partial charge is 0.340 e. The quantitative estimate of drug-likeness (QED) is 0.760. The normalized spacial score (nSPS) is 23.1. The van der Waals surface area contributed by atoms with E-state index in [0.717, 1.165) is 39.0 Å². The lowest BCUT2D eigenvalue weighted by Crippen LogP contribution is -2.49. The molecule has 1 aliphatic carbocycles. The van der Waals surface area contributed by atoms with Gasteiger partial charge in [0.1, 0.15) is 5.78 Å². The fraction of sp³-hybridized carbons (Fsp3) is 0.857. The van der Waals surface area contributed by atoms with Crippen LogP contribution in [0.3, 0.4) is 0 Å². The molecule has 0 radical (unpaired) electrons. The Labute approximate surface area is 109 Å². The summed E-state index contributed by atoms with van der Waals surface area (Å²) in [7, 11) is 0. The molecular weight excluding hydrogens is 228 g/mol. The molecule has 1 heterocycles. The Morgan fingerprint density at radius 1 is 1.00 bits per heavy atom. The summed E-state index contributed by atoms with van der Waals surface area (Å²) in [5.41, 5.74) is 0. The second kappa shape index (κ2) is 6.32. The Morgan fingerprint density at radius 2 is 1.61 bits per heavy atom. The number of nitrogens with zero attached hydrogens (tertiary/aromatic N) is 2. The summed E-state index contributed by atoms with van der Waals surface area (Å²) < 4.78 is 0. The molecule has 1 saturated heterocycles. The van der Waals surface area contributed by atoms with Crippen LogP contribution in [0.15, 0.2) is 0 Å². The Morgan fingerprint density at radius 3 is 2.17 bits per heavy atom. The molecule has 0 unspecified atom stereocenters. The molecule has 0 atom stereocenters. The average molecular weight is 252 g/mol. The van der Waals surface area contributed by atoms with Crippen LogP contribution in [-0.4, -0.2) is 54.2 Å². The minimum Gasteiger partial charge on any atom is -0.340 e. The highest BCUT2D eigenvalue weighted by molar-refractivity contribution is 5.83. The predicted molar refractivity (Wildman–Crippen MR) is 70.3 cm³/mol. The van der Waals surface area contributed by atoms with E-state index in [1.54, 1.807) is 6.92 Å². The van der Waals surface area contributed by atoms with Crippen LogP contribution in [-0.2, 0) is 9.59 Å². The summed E-state index contributed by atoms with van der Waals surface area (Å²) in [4.78, 5) is 27.4. The maximum Gasteiger partial charge on any atom is 0.219 e. The second-order valence-corrected chi connectivity index (χ2v) is 5.58. The monoisotopic (exact) mass is 252 g/mol. The molecule has 0 aromatic heterocycles. The van der Waals surface area contributed by atoms with Gasteiger partial charge in [0.25, 0.3) is 0 Å². The van der Waals surface area contributed by atoms with Crippen molar-refractivity contribution < 1.29 is 9.59 Å². The first-order chi connectivity index (χ1) is 8.66. The van der Waals surface area contributed by atoms with E-state index in [1.807, 2.05) is 4.90 Å². The van der Waals surface area contributed by atoms with Crippen molar-refractivity contribution in [2.75, 3.05) is 32.7 Å². The summed E-state index contributed by atoms with van der Waals surface area (Å²) in [5, 5.41) is 0. The van der Waals surface area contributed by atoms with E-state index in [2.05, 4.69) is 4.90 Å². The van der Waals surface area contributed by atoms with Crippen LogP contribution in [0.5, 0.6) is 0 Å². The Balaban J connectivity index is 1.73. The van der Waals surface area contributed by atoms with Gasteiger partial charge < -0.3 is 4.90 Å². The molecule has 2 rings (SSSR count). The molecular formula is C14H24N2O2. The van der Waals surface area contributed by atoms with Crippen LogP contribution in [0, 0.1) is 5.92 Å². The number of amides is 1. The minimum atomic E-state index is 0.147. The molecule has 1 saturated carbocycles. The Kier molecular flexibility index (Phi) is 4.75. The topological polar surface area (TPSA) is 40.6 Å². The van der Waals surface area contributed by atoms with Crippen molar-refractivity contribution in [1.82, 2.24) is 9.80 Å². The van der Waals surface area contributed by atoms with Crippen LogP contribution in [0.1, 0.15) is 39.0 Å². The van der Waals surface area contributed by atoms with Gasteiger partial charge in [0, 0.05) is 39.0 Å². The van der Waals surface area contributed by atoms with E-state index in [4.69, 9.17) is 0 Å². The van der Waals surface area contributed by atoms with Gasteiger partial charge in [-0.3, -0.25) is 14.5 Å². The number of ketones is 1. The van der Waals surface area contributed by atoms with Gasteiger partial charge in [0.2, 0.25) is 5.91 Å². The second-order valence-electron chi connectivity index (χ2n) is 5.58. The van der Waals surface area contributed by atoms with Crippen molar-refractivity contribution in [2.45, 2.75) is 39.0 Å². The van der Waals surface area contributed by atoms with Gasteiger partial charge in [-0.2, -0.15) is 0 Å². The summed E-state index contributed by atoms with van der Waals surface area (Å²) in [6, 6.07) is 0. The molecule has 0 spiro atoms. The molecule has 0 aromatic rings. The third kappa shape index (κ3) is 3.55. The number of hydrogen-bond acceptors (Lipinski definition) is 3. The van der Waals surface area contributed by atoms with Gasteiger partial charge in [-0.15, -0.1) is 0 Å². The van der Waals surface area contributed by atoms with E-state index in [1.165, 1.54) is 19.3 Å². The van der Waals surface area contributed by atoms with Crippen molar-refractivity contribution in [3.05, 3.63) is 0 Å². The van der Waals surface area contributed by atoms with Crippen molar-refractivity contribution in [1.29, 1.82) is 0 Å². The van der Waals surface area contributed by atoms with Crippen LogP contribution < -0.4 is 0 Å². The lowest BCUT2D eigenvalue weighted by Gasteiger charge is -2.34. The van der Waals surface area contributed by atoms with Crippen molar-refractivity contribution in [3.63, 3.8) is 0 Å². The minimum absolute atomic E-state index is 0.147. The maximum absolute atomic E-state index is 12.2. The van der Waals surface area contributed by atoms with E-state index in [0.29, 0.717) is 18.2 Å². The van der Waals surface area contributed by atoms with E-state index < -0.39 is 0 Å². The molecule has 0 N–H and O–H groups in total. The van der Waals surface area contributed by atoms with Crippen LogP contribution in [0.25, 0.3) is 0 Å². The highest BCUT2D eigenvalue weighted by atomic mass is 16.2. The number of hydrogen-bond donors (Lipinski definition) is 0. The third-order valence-electron chi connectivity index (χ3n) is 4.26. The molecule has 2 aliphatic rings. The summed E-state index contributed by atoms with van der Waals surface area (Å²) in [5.74, 6) is 0.879. The van der Waals surface area contributed by atoms with Crippen molar-refractivity contribution >= 4 is 11.7 Å². The van der Waals surface area contributed by atoms with Gasteiger partial charge in [-0.05, 0) is 12.8 Å². The fourth-order valence-corrected chi connectivity index (χ4v) is 2.99. The molecule has 1 aliphatic heterocycles. The number of piperazine rings is 1. The summed E-state index contributed by atoms with van der Waals surface area (Å²) in [6.45, 7) is 5.44. The van der Waals surface area contributed by atoms with Crippen LogP contribution in [0.2, 0.25) is 0 Å². The van der Waals surface area contributed by atoms with Crippen molar-refractivity contribution in [3.8, 4) is 0 Å². The van der Waals surface area contributed by atoms with Gasteiger partial charge in [-0.1, -0.05) is 19.3 Å². The average Bonchev–Trinajstić information content (AvgIpc) is 2.40. The standard InChI is InChI=1S/C14H24N2O2/c1-12(17)16-9-7-15(8-10-16)11-14(18)13-5-3-2-4-6-13/h13H,2-11H2,1H3. The van der Waals surface area contributed by atoms with Gasteiger partial charge in [-0.25, -0.2) is 0 Å². The first-order valence-corrected chi connectivity index (χ1v) is 7.17. The smallest absolute Gasteiger partial charge is 0.219 e. The third-order valence-corrected chi connectivity index (χ3v) is 4.26. The highest BCUT2D eigenvalue weighted by Crippen LogP contribution is 2.24. The zero-order chi connectivity index (χ0) is 13.0. The van der Waals surface area contributed by atoms with E-state index in [9.17, 15) is 9.59 Å². The molecule has 0 aromatic carbocycles. The van der Waals surface area contributed by atoms with Crippen LogP contribution >= 0.6 is 0 Å². The van der Waals surface area contributed by atoms with E-state index >= 15 is 0 Å². The summed E-state index contributed by atoms with van der Waals surface area (Å²) >= 11 is 0. The molecule has 0 bridgehead atoms. The number of carbonyl (C=O) groups excluding carboxylic acids is 2. The van der Waals surface area contributed by atoms with E-state index in [-0.39, 0.29) is 5.91 Å². The lowest BCUT2D eigenvalue weighted by atomic mass is 9.86. The lowest BCUT2D eigenvalue weighted by molar-refractivity contribution is -0.131. The first-order valence-electron chi connectivity index (χ1n) is 7.17. The maximum atomic E-state index is 12.2. The zero-order valence-electron chi connectivity index (χ0n) is 11.4. The van der Waals surface area contributed by atoms with Gasteiger partial charge >= 0.3 is 0 Å². The Bertz CT molecular complexity index is 303. The Hall–Kier alpha value is -0.900. The number of carbonyl (C=O) groups is 2. The van der Waals surface area contributed by atoms with Gasteiger partial charge in [0.05, 0.1) is 6.54 Å². The number of Topliss-reactive ketones (excluding diaryl/α,β-unsaturated/α-hetero) is 1. The number of rotatable bonds is 3. The summed E-state index contributed by atoms with van der Waals surface area (Å²) in [6.07, 6.45) is 5.91. The molecule has 1 amide bonds. The molecule has 102 valence electrons. The molecule has 2 fully saturated rings. The molecule has 4 nitrogen and oxygen atoms in total. The molecule has 18 heavy (non-hydrogen) atoms. The van der Waals surface area contributed by atoms with Gasteiger partial charge in [0.15, 0.2) is 0 Å². The highest BCUT2D eigenvalue weighted by Gasteiger charge is 2.25.